The van der Waals surface area contributed by atoms with Crippen LogP contribution in [0.1, 0.15) is 26.0 Å². The summed E-state index contributed by atoms with van der Waals surface area (Å²) < 4.78 is 0. The van der Waals surface area contributed by atoms with Gasteiger partial charge < -0.3 is 10.4 Å². The number of nitro groups is 1. The number of pyridine rings is 1. The molecule has 0 aromatic carbocycles. The Morgan fingerprint density at radius 1 is 1.63 bits per heavy atom. The molecule has 19 heavy (non-hydrogen) atoms. The number of hydrogen-bond acceptors (Lipinski definition) is 6. The molecule has 100 valence electrons. The third kappa shape index (κ3) is 3.92. The first kappa shape index (κ1) is 14.4. The summed E-state index contributed by atoms with van der Waals surface area (Å²) in [6, 6.07) is 4.13. The van der Waals surface area contributed by atoms with Crippen molar-refractivity contribution in [3.63, 3.8) is 0 Å². The van der Waals surface area contributed by atoms with Crippen molar-refractivity contribution in [2.75, 3.05) is 5.32 Å². The molecule has 0 amide bonds. The monoisotopic (exact) mass is 264 g/mol. The topological polar surface area (TPSA) is 129 Å². The number of aliphatic carboxylic acids is 1. The van der Waals surface area contributed by atoms with E-state index in [0.29, 0.717) is 0 Å². The van der Waals surface area contributed by atoms with Crippen molar-refractivity contribution in [3.8, 4) is 6.07 Å². The van der Waals surface area contributed by atoms with Crippen LogP contribution in [0.4, 0.5) is 11.5 Å². The molecular formula is C11H12N4O4. The van der Waals surface area contributed by atoms with Crippen LogP contribution in [0.15, 0.2) is 12.1 Å². The van der Waals surface area contributed by atoms with E-state index in [9.17, 15) is 14.9 Å². The average Bonchev–Trinajstić information content (AvgIpc) is 2.25. The first-order chi connectivity index (χ1) is 8.75. The van der Waals surface area contributed by atoms with Crippen LogP contribution in [0.3, 0.4) is 0 Å². The fourth-order valence-corrected chi connectivity index (χ4v) is 1.52. The number of nitriles is 1. The molecule has 1 rings (SSSR count). The summed E-state index contributed by atoms with van der Waals surface area (Å²) in [5.74, 6) is -0.770. The van der Waals surface area contributed by atoms with Crippen molar-refractivity contribution in [2.24, 2.45) is 0 Å². The molecule has 0 atom stereocenters. The standard InChI is InChI=1S/C11H12N4O4/c1-11(2,5-10(16)17)14-9-4-3-8(15(18)19)7(6-12)13-9/h3-4H,5H2,1-2H3,(H,13,14)(H,16,17). The van der Waals surface area contributed by atoms with E-state index in [2.05, 4.69) is 10.3 Å². The summed E-state index contributed by atoms with van der Waals surface area (Å²) in [6.07, 6.45) is -0.159. The van der Waals surface area contributed by atoms with Crippen LogP contribution in [0.2, 0.25) is 0 Å². The SMILES string of the molecule is CC(C)(CC(=O)O)Nc1ccc([N+](=O)[O-])c(C#N)n1. The molecule has 1 heterocycles. The Morgan fingerprint density at radius 3 is 2.74 bits per heavy atom. The van der Waals surface area contributed by atoms with Gasteiger partial charge in [-0.1, -0.05) is 0 Å². The number of nitrogens with zero attached hydrogens (tertiary/aromatic N) is 3. The summed E-state index contributed by atoms with van der Waals surface area (Å²) in [5, 5.41) is 31.0. The zero-order chi connectivity index (χ0) is 14.6. The van der Waals surface area contributed by atoms with Crippen LogP contribution in [0.5, 0.6) is 0 Å². The zero-order valence-corrected chi connectivity index (χ0v) is 10.4. The number of carboxylic acid groups (broad SMARTS) is 1. The van der Waals surface area contributed by atoms with Crippen LogP contribution in [0.25, 0.3) is 0 Å². The van der Waals surface area contributed by atoms with E-state index in [4.69, 9.17) is 10.4 Å². The van der Waals surface area contributed by atoms with Gasteiger partial charge in [-0.2, -0.15) is 5.26 Å². The number of anilines is 1. The molecule has 0 spiro atoms. The summed E-state index contributed by atoms with van der Waals surface area (Å²) in [6.45, 7) is 3.30. The highest BCUT2D eigenvalue weighted by Gasteiger charge is 2.23. The molecule has 0 unspecified atom stereocenters. The van der Waals surface area contributed by atoms with Gasteiger partial charge in [-0.25, -0.2) is 4.98 Å². The van der Waals surface area contributed by atoms with Gasteiger partial charge in [0.1, 0.15) is 11.9 Å². The van der Waals surface area contributed by atoms with Crippen molar-refractivity contribution in [2.45, 2.75) is 25.8 Å². The van der Waals surface area contributed by atoms with Crippen LogP contribution in [-0.4, -0.2) is 26.5 Å². The van der Waals surface area contributed by atoms with E-state index in [1.807, 2.05) is 0 Å². The molecule has 1 aromatic heterocycles. The van der Waals surface area contributed by atoms with Gasteiger partial charge >= 0.3 is 11.7 Å². The van der Waals surface area contributed by atoms with Gasteiger partial charge in [0.15, 0.2) is 0 Å². The minimum absolute atomic E-state index is 0.159. The van der Waals surface area contributed by atoms with E-state index in [1.165, 1.54) is 6.07 Å². The van der Waals surface area contributed by atoms with Crippen LogP contribution < -0.4 is 5.32 Å². The van der Waals surface area contributed by atoms with Gasteiger partial charge in [0.25, 0.3) is 0 Å². The van der Waals surface area contributed by atoms with Crippen LogP contribution >= 0.6 is 0 Å². The van der Waals surface area contributed by atoms with Gasteiger partial charge in [-0.05, 0) is 19.9 Å². The first-order valence-corrected chi connectivity index (χ1v) is 5.31. The molecule has 0 saturated carbocycles. The van der Waals surface area contributed by atoms with Gasteiger partial charge in [0.05, 0.1) is 11.3 Å². The smallest absolute Gasteiger partial charge is 0.305 e. The Labute approximate surface area is 108 Å². The van der Waals surface area contributed by atoms with Crippen LogP contribution in [-0.2, 0) is 4.79 Å². The third-order valence-electron chi connectivity index (χ3n) is 2.24. The quantitative estimate of drug-likeness (QED) is 0.609. The Morgan fingerprint density at radius 2 is 2.26 bits per heavy atom. The highest BCUT2D eigenvalue weighted by molar-refractivity contribution is 5.69. The molecule has 0 aliphatic rings. The van der Waals surface area contributed by atoms with E-state index in [-0.39, 0.29) is 23.6 Å². The van der Waals surface area contributed by atoms with E-state index in [0.717, 1.165) is 6.07 Å². The number of aromatic nitrogens is 1. The summed E-state index contributed by atoms with van der Waals surface area (Å²) in [4.78, 5) is 24.4. The molecule has 1 aromatic rings. The maximum atomic E-state index is 10.7. The summed E-state index contributed by atoms with van der Waals surface area (Å²) in [5.41, 5.74) is -1.49. The molecule has 0 bridgehead atoms. The lowest BCUT2D eigenvalue weighted by Crippen LogP contribution is -2.34. The van der Waals surface area contributed by atoms with Gasteiger partial charge in [0.2, 0.25) is 5.69 Å². The van der Waals surface area contributed by atoms with E-state index in [1.54, 1.807) is 19.9 Å². The molecule has 0 aliphatic heterocycles. The number of carbonyl (C=O) groups is 1. The molecule has 0 saturated heterocycles. The average molecular weight is 264 g/mol. The van der Waals surface area contributed by atoms with Crippen molar-refractivity contribution >= 4 is 17.5 Å². The maximum absolute atomic E-state index is 10.7. The largest absolute Gasteiger partial charge is 0.481 e. The minimum Gasteiger partial charge on any atom is -0.481 e. The second-order valence-corrected chi connectivity index (χ2v) is 4.51. The van der Waals surface area contributed by atoms with Crippen LogP contribution in [0, 0.1) is 21.4 Å². The number of carboxylic acids is 1. The Bertz CT molecular complexity index is 562. The molecule has 8 heteroatoms. The maximum Gasteiger partial charge on any atom is 0.305 e. The lowest BCUT2D eigenvalue weighted by molar-refractivity contribution is -0.385. The Hall–Kier alpha value is -2.69. The van der Waals surface area contributed by atoms with Gasteiger partial charge in [0, 0.05) is 11.6 Å². The highest BCUT2D eigenvalue weighted by atomic mass is 16.6. The second kappa shape index (κ2) is 5.30. The fraction of sp³-hybridized carbons (Fsp3) is 0.364. The van der Waals surface area contributed by atoms with E-state index >= 15 is 0 Å². The first-order valence-electron chi connectivity index (χ1n) is 5.31. The summed E-state index contributed by atoms with van der Waals surface area (Å²) in [7, 11) is 0. The molecular weight excluding hydrogens is 252 g/mol. The molecule has 0 fully saturated rings. The number of hydrogen-bond donors (Lipinski definition) is 2. The normalized spacial score (nSPS) is 10.6. The molecule has 0 aliphatic carbocycles. The lowest BCUT2D eigenvalue weighted by atomic mass is 10.0. The van der Waals surface area contributed by atoms with Gasteiger partial charge in [-0.3, -0.25) is 14.9 Å². The van der Waals surface area contributed by atoms with Crippen molar-refractivity contribution in [1.29, 1.82) is 5.26 Å². The predicted molar refractivity (Wildman–Crippen MR) is 65.6 cm³/mol. The molecule has 2 N–H and O–H groups in total. The highest BCUT2D eigenvalue weighted by Crippen LogP contribution is 2.21. The van der Waals surface area contributed by atoms with Crippen molar-refractivity contribution in [1.82, 2.24) is 4.98 Å². The molecule has 8 nitrogen and oxygen atoms in total. The Balaban J connectivity index is 3.01. The lowest BCUT2D eigenvalue weighted by Gasteiger charge is -2.24. The predicted octanol–water partition coefficient (Wildman–Crippen LogP) is 1.53. The number of nitrogens with one attached hydrogen (secondary N) is 1. The van der Waals surface area contributed by atoms with Gasteiger partial charge in [-0.15, -0.1) is 0 Å². The number of rotatable bonds is 5. The van der Waals surface area contributed by atoms with E-state index < -0.39 is 16.4 Å². The minimum atomic E-state index is -0.986. The zero-order valence-electron chi connectivity index (χ0n) is 10.4. The third-order valence-corrected chi connectivity index (χ3v) is 2.24. The van der Waals surface area contributed by atoms with Crippen molar-refractivity contribution < 1.29 is 14.8 Å². The summed E-state index contributed by atoms with van der Waals surface area (Å²) >= 11 is 0. The Kier molecular flexibility index (Phi) is 4.01. The fourth-order valence-electron chi connectivity index (χ4n) is 1.52. The second-order valence-electron chi connectivity index (χ2n) is 4.51. The van der Waals surface area contributed by atoms with Crippen molar-refractivity contribution in [3.05, 3.63) is 27.9 Å². The molecule has 0 radical (unpaired) electrons.